The molecule has 3 aliphatic rings. The van der Waals surface area contributed by atoms with Crippen LogP contribution < -0.4 is 0 Å². The molecule has 0 heterocycles. The Labute approximate surface area is 63.3 Å². The SMILES string of the molecule is C[C@@H]1C2C=CC(CC2)[C@@H]1C. The quantitative estimate of drug-likeness (QED) is 0.449. The molecular formula is C10H16. The molecule has 3 rings (SSSR count). The molecule has 0 nitrogen and oxygen atoms in total. The molecule has 0 radical (unpaired) electrons. The normalized spacial score (nSPS) is 51.8. The lowest BCUT2D eigenvalue weighted by Gasteiger charge is -2.41. The van der Waals surface area contributed by atoms with Gasteiger partial charge in [-0.25, -0.2) is 0 Å². The molecule has 1 saturated carbocycles. The second-order valence-corrected chi connectivity index (χ2v) is 4.01. The smallest absolute Gasteiger partial charge is 0.0205 e. The van der Waals surface area contributed by atoms with E-state index in [9.17, 15) is 0 Å². The third kappa shape index (κ3) is 0.744. The lowest BCUT2D eigenvalue weighted by atomic mass is 9.64. The van der Waals surface area contributed by atoms with Crippen LogP contribution in [0.1, 0.15) is 26.7 Å². The van der Waals surface area contributed by atoms with Crippen LogP contribution in [-0.4, -0.2) is 0 Å². The van der Waals surface area contributed by atoms with Gasteiger partial charge in [-0.3, -0.25) is 0 Å². The number of allylic oxidation sites excluding steroid dienone is 2. The van der Waals surface area contributed by atoms with Gasteiger partial charge < -0.3 is 0 Å². The van der Waals surface area contributed by atoms with E-state index >= 15 is 0 Å². The Morgan fingerprint density at radius 1 is 0.900 bits per heavy atom. The van der Waals surface area contributed by atoms with Crippen LogP contribution >= 0.6 is 0 Å². The minimum absolute atomic E-state index is 0.917. The molecule has 0 heteroatoms. The Bertz CT molecular complexity index is 139. The summed E-state index contributed by atoms with van der Waals surface area (Å²) in [6.07, 6.45) is 7.79. The van der Waals surface area contributed by atoms with Gasteiger partial charge in [-0.2, -0.15) is 0 Å². The minimum Gasteiger partial charge on any atom is -0.0849 e. The minimum atomic E-state index is 0.917. The highest BCUT2D eigenvalue weighted by Gasteiger charge is 2.34. The van der Waals surface area contributed by atoms with E-state index in [-0.39, 0.29) is 0 Å². The highest BCUT2D eigenvalue weighted by molar-refractivity contribution is 5.07. The van der Waals surface area contributed by atoms with Crippen molar-refractivity contribution in [1.29, 1.82) is 0 Å². The van der Waals surface area contributed by atoms with Gasteiger partial charge in [0.2, 0.25) is 0 Å². The van der Waals surface area contributed by atoms with Gasteiger partial charge in [0.15, 0.2) is 0 Å². The summed E-state index contributed by atoms with van der Waals surface area (Å²) in [7, 11) is 0. The molecule has 4 atom stereocenters. The van der Waals surface area contributed by atoms with Gasteiger partial charge in [0, 0.05) is 0 Å². The molecule has 56 valence electrons. The van der Waals surface area contributed by atoms with Crippen LogP contribution in [0, 0.1) is 23.7 Å². The largest absolute Gasteiger partial charge is 0.0849 e. The molecule has 0 aromatic rings. The van der Waals surface area contributed by atoms with Crippen LogP contribution in [0.4, 0.5) is 0 Å². The van der Waals surface area contributed by atoms with E-state index in [0.717, 1.165) is 23.7 Å². The van der Waals surface area contributed by atoms with Crippen molar-refractivity contribution in [2.45, 2.75) is 26.7 Å². The monoisotopic (exact) mass is 136 g/mol. The molecule has 2 bridgehead atoms. The third-order valence-corrected chi connectivity index (χ3v) is 3.62. The summed E-state index contributed by atoms with van der Waals surface area (Å²) in [5, 5.41) is 0. The number of fused-ring (bicyclic) bond motifs is 2. The summed E-state index contributed by atoms with van der Waals surface area (Å²) in [5.41, 5.74) is 0. The molecule has 1 fully saturated rings. The topological polar surface area (TPSA) is 0 Å². The van der Waals surface area contributed by atoms with Crippen molar-refractivity contribution in [1.82, 2.24) is 0 Å². The first-order chi connectivity index (χ1) is 4.79. The first-order valence-corrected chi connectivity index (χ1v) is 4.47. The zero-order valence-corrected chi connectivity index (χ0v) is 6.88. The van der Waals surface area contributed by atoms with Crippen molar-refractivity contribution in [2.24, 2.45) is 23.7 Å². The van der Waals surface area contributed by atoms with Crippen molar-refractivity contribution in [3.8, 4) is 0 Å². The Hall–Kier alpha value is -0.260. The maximum Gasteiger partial charge on any atom is -0.0205 e. The van der Waals surface area contributed by atoms with E-state index in [4.69, 9.17) is 0 Å². The zero-order valence-electron chi connectivity index (χ0n) is 6.88. The van der Waals surface area contributed by atoms with Crippen molar-refractivity contribution in [2.75, 3.05) is 0 Å². The van der Waals surface area contributed by atoms with Crippen LogP contribution in [0.15, 0.2) is 12.2 Å². The lowest BCUT2D eigenvalue weighted by Crippen LogP contribution is -2.33. The lowest BCUT2D eigenvalue weighted by molar-refractivity contribution is 0.152. The van der Waals surface area contributed by atoms with Gasteiger partial charge in [-0.1, -0.05) is 26.0 Å². The second-order valence-electron chi connectivity index (χ2n) is 4.01. The Balaban J connectivity index is 2.25. The molecule has 0 saturated heterocycles. The summed E-state index contributed by atoms with van der Waals surface area (Å²) >= 11 is 0. The van der Waals surface area contributed by atoms with Crippen LogP contribution in [0.3, 0.4) is 0 Å². The molecule has 0 spiro atoms. The van der Waals surface area contributed by atoms with E-state index in [1.165, 1.54) is 12.8 Å². The van der Waals surface area contributed by atoms with Gasteiger partial charge in [0.25, 0.3) is 0 Å². The molecule has 0 aromatic heterocycles. The average Bonchev–Trinajstić information content (AvgIpc) is 2.00. The van der Waals surface area contributed by atoms with Crippen LogP contribution in [0.2, 0.25) is 0 Å². The third-order valence-electron chi connectivity index (χ3n) is 3.62. The number of rotatable bonds is 0. The van der Waals surface area contributed by atoms with Crippen LogP contribution in [-0.2, 0) is 0 Å². The van der Waals surface area contributed by atoms with E-state index in [2.05, 4.69) is 26.0 Å². The van der Waals surface area contributed by atoms with Crippen LogP contribution in [0.5, 0.6) is 0 Å². The maximum atomic E-state index is 2.44. The molecule has 0 amide bonds. The summed E-state index contributed by atoms with van der Waals surface area (Å²) < 4.78 is 0. The Morgan fingerprint density at radius 3 is 1.50 bits per heavy atom. The molecule has 10 heavy (non-hydrogen) atoms. The standard InChI is InChI=1S/C10H16/c1-7-8(2)10-5-3-9(7)4-6-10/h3,5,7-10H,4,6H2,1-2H3/t7-,8+,9?,10?. The first kappa shape index (κ1) is 6.45. The van der Waals surface area contributed by atoms with Gasteiger partial charge in [0.05, 0.1) is 0 Å². The van der Waals surface area contributed by atoms with Gasteiger partial charge in [-0.15, -0.1) is 0 Å². The van der Waals surface area contributed by atoms with E-state index in [1.54, 1.807) is 0 Å². The average molecular weight is 136 g/mol. The fourth-order valence-corrected chi connectivity index (χ4v) is 2.52. The number of hydrogen-bond donors (Lipinski definition) is 0. The highest BCUT2D eigenvalue weighted by atomic mass is 14.4. The molecule has 2 unspecified atom stereocenters. The zero-order chi connectivity index (χ0) is 7.14. The van der Waals surface area contributed by atoms with Crippen LogP contribution in [0.25, 0.3) is 0 Å². The van der Waals surface area contributed by atoms with Gasteiger partial charge in [-0.05, 0) is 36.5 Å². The van der Waals surface area contributed by atoms with E-state index < -0.39 is 0 Å². The van der Waals surface area contributed by atoms with E-state index in [1.807, 2.05) is 0 Å². The second kappa shape index (κ2) is 2.11. The van der Waals surface area contributed by atoms with Crippen molar-refractivity contribution in [3.63, 3.8) is 0 Å². The van der Waals surface area contributed by atoms with Crippen molar-refractivity contribution >= 4 is 0 Å². The van der Waals surface area contributed by atoms with E-state index in [0.29, 0.717) is 0 Å². The molecule has 3 aliphatic carbocycles. The Morgan fingerprint density at radius 2 is 1.30 bits per heavy atom. The molecular weight excluding hydrogens is 120 g/mol. The summed E-state index contributed by atoms with van der Waals surface area (Å²) in [6, 6.07) is 0. The maximum absolute atomic E-state index is 2.44. The molecule has 0 aromatic carbocycles. The molecule has 0 aliphatic heterocycles. The highest BCUT2D eigenvalue weighted by Crippen LogP contribution is 2.43. The predicted octanol–water partition coefficient (Wildman–Crippen LogP) is 2.85. The fourth-order valence-electron chi connectivity index (χ4n) is 2.52. The van der Waals surface area contributed by atoms with Crippen molar-refractivity contribution in [3.05, 3.63) is 12.2 Å². The first-order valence-electron chi connectivity index (χ1n) is 4.47. The van der Waals surface area contributed by atoms with Gasteiger partial charge in [0.1, 0.15) is 0 Å². The number of hydrogen-bond acceptors (Lipinski definition) is 0. The predicted molar refractivity (Wildman–Crippen MR) is 43.7 cm³/mol. The summed E-state index contributed by atoms with van der Waals surface area (Å²) in [5.74, 6) is 3.73. The Kier molecular flexibility index (Phi) is 1.36. The summed E-state index contributed by atoms with van der Waals surface area (Å²) in [6.45, 7) is 4.82. The van der Waals surface area contributed by atoms with Crippen molar-refractivity contribution < 1.29 is 0 Å². The molecule has 0 N–H and O–H groups in total. The summed E-state index contributed by atoms with van der Waals surface area (Å²) in [4.78, 5) is 0. The van der Waals surface area contributed by atoms with Gasteiger partial charge >= 0.3 is 0 Å². The fraction of sp³-hybridized carbons (Fsp3) is 0.800.